The molecule has 4 rings (SSSR count). The lowest BCUT2D eigenvalue weighted by Gasteiger charge is -2.06. The summed E-state index contributed by atoms with van der Waals surface area (Å²) < 4.78 is 1.95. The Morgan fingerprint density at radius 2 is 1.97 bits per heavy atom. The van der Waals surface area contributed by atoms with E-state index < -0.39 is 0 Å². The van der Waals surface area contributed by atoms with Crippen molar-refractivity contribution in [1.82, 2.24) is 14.5 Å². The van der Waals surface area contributed by atoms with Gasteiger partial charge in [-0.3, -0.25) is 14.9 Å². The molecule has 3 heterocycles. The Labute approximate surface area is 185 Å². The molecule has 0 unspecified atom stereocenters. The fourth-order valence-corrected chi connectivity index (χ4v) is 4.67. The van der Waals surface area contributed by atoms with Crippen LogP contribution in [0, 0.1) is 0 Å². The van der Waals surface area contributed by atoms with E-state index in [2.05, 4.69) is 20.6 Å². The average molecular weight is 456 g/mol. The molecule has 3 aromatic heterocycles. The van der Waals surface area contributed by atoms with Gasteiger partial charge in [-0.15, -0.1) is 22.7 Å². The van der Waals surface area contributed by atoms with Gasteiger partial charge in [0.15, 0.2) is 10.3 Å². The molecule has 0 saturated heterocycles. The van der Waals surface area contributed by atoms with E-state index in [1.54, 1.807) is 29.4 Å². The topological polar surface area (TPSA) is 88.9 Å². The van der Waals surface area contributed by atoms with Gasteiger partial charge in [0.1, 0.15) is 0 Å². The molecule has 10 heteroatoms. The lowest BCUT2D eigenvalue weighted by atomic mass is 10.3. The van der Waals surface area contributed by atoms with Crippen molar-refractivity contribution in [1.29, 1.82) is 0 Å². The zero-order valence-electron chi connectivity index (χ0n) is 15.9. The van der Waals surface area contributed by atoms with Crippen LogP contribution in [-0.4, -0.2) is 26.3 Å². The van der Waals surface area contributed by atoms with Gasteiger partial charge in [0, 0.05) is 35.4 Å². The number of amides is 2. The number of aromatic nitrogens is 3. The molecule has 7 nitrogen and oxygen atoms in total. The van der Waals surface area contributed by atoms with Crippen molar-refractivity contribution in [3.63, 3.8) is 0 Å². The van der Waals surface area contributed by atoms with Crippen molar-refractivity contribution in [2.24, 2.45) is 7.05 Å². The Bertz CT molecular complexity index is 1150. The first-order chi connectivity index (χ1) is 14.6. The lowest BCUT2D eigenvalue weighted by Crippen LogP contribution is -2.15. The van der Waals surface area contributed by atoms with E-state index in [0.717, 1.165) is 10.1 Å². The van der Waals surface area contributed by atoms with Gasteiger partial charge in [0.25, 0.3) is 5.91 Å². The number of nitrogens with zero attached hydrogens (tertiary/aromatic N) is 3. The number of aryl methyl sites for hydroxylation is 1. The predicted molar refractivity (Wildman–Crippen MR) is 120 cm³/mol. The number of rotatable bonds is 7. The number of thiazole rings is 1. The van der Waals surface area contributed by atoms with Crippen LogP contribution in [0.4, 0.5) is 10.8 Å². The third-order valence-electron chi connectivity index (χ3n) is 3.98. The van der Waals surface area contributed by atoms with Gasteiger partial charge < -0.3 is 9.88 Å². The summed E-state index contributed by atoms with van der Waals surface area (Å²) in [6, 6.07) is 11.2. The molecule has 30 heavy (non-hydrogen) atoms. The molecular formula is C20H17N5O2S3. The van der Waals surface area contributed by atoms with Crippen LogP contribution in [-0.2, 0) is 18.3 Å². The van der Waals surface area contributed by atoms with Crippen LogP contribution >= 0.6 is 34.4 Å². The highest BCUT2D eigenvalue weighted by atomic mass is 32.2. The third kappa shape index (κ3) is 5.15. The summed E-state index contributed by atoms with van der Waals surface area (Å²) >= 11 is 4.22. The standard InChI is InChI=1S/C20H17N5O2S3/c1-25-9-8-21-20(25)30-15-6-4-13(5-7-15)22-17(26)11-14-12-29-19(23-14)24-18(27)16-3-2-10-28-16/h2-10,12H,11H2,1H3,(H,22,26)(H,23,24,27). The quantitative estimate of drug-likeness (QED) is 0.428. The molecular weight excluding hydrogens is 438 g/mol. The Morgan fingerprint density at radius 1 is 1.13 bits per heavy atom. The summed E-state index contributed by atoms with van der Waals surface area (Å²) in [6.07, 6.45) is 3.79. The van der Waals surface area contributed by atoms with Crippen LogP contribution in [0.3, 0.4) is 0 Å². The molecule has 2 amide bonds. The molecule has 0 radical (unpaired) electrons. The highest BCUT2D eigenvalue weighted by molar-refractivity contribution is 7.99. The molecule has 0 bridgehead atoms. The predicted octanol–water partition coefficient (Wildman–Crippen LogP) is 4.52. The highest BCUT2D eigenvalue weighted by Crippen LogP contribution is 2.27. The van der Waals surface area contributed by atoms with E-state index >= 15 is 0 Å². The van der Waals surface area contributed by atoms with Crippen molar-refractivity contribution < 1.29 is 9.59 Å². The second-order valence-electron chi connectivity index (χ2n) is 6.25. The second-order valence-corrected chi connectivity index (χ2v) is 9.09. The minimum atomic E-state index is -0.196. The summed E-state index contributed by atoms with van der Waals surface area (Å²) in [5, 5.41) is 10.6. The molecule has 152 valence electrons. The Hall–Kier alpha value is -2.95. The number of carbonyl (C=O) groups excluding carboxylic acids is 2. The fraction of sp³-hybridized carbons (Fsp3) is 0.100. The van der Waals surface area contributed by atoms with Crippen LogP contribution in [0.1, 0.15) is 15.4 Å². The molecule has 0 spiro atoms. The van der Waals surface area contributed by atoms with Gasteiger partial charge in [-0.25, -0.2) is 9.97 Å². The number of nitrogens with one attached hydrogen (secondary N) is 2. The van der Waals surface area contributed by atoms with Gasteiger partial charge in [-0.1, -0.05) is 17.8 Å². The maximum Gasteiger partial charge on any atom is 0.267 e. The van der Waals surface area contributed by atoms with Crippen molar-refractivity contribution in [2.45, 2.75) is 16.5 Å². The maximum atomic E-state index is 12.3. The van der Waals surface area contributed by atoms with Crippen molar-refractivity contribution >= 4 is 57.1 Å². The highest BCUT2D eigenvalue weighted by Gasteiger charge is 2.12. The normalized spacial score (nSPS) is 10.7. The van der Waals surface area contributed by atoms with Gasteiger partial charge in [0.05, 0.1) is 17.0 Å². The number of imidazole rings is 1. The summed E-state index contributed by atoms with van der Waals surface area (Å²) in [4.78, 5) is 34.7. The first-order valence-electron chi connectivity index (χ1n) is 8.91. The summed E-state index contributed by atoms with van der Waals surface area (Å²) in [5.74, 6) is -0.361. The van der Waals surface area contributed by atoms with E-state index in [1.165, 1.54) is 22.7 Å². The molecule has 0 aliphatic rings. The minimum absolute atomic E-state index is 0.134. The molecule has 0 aliphatic carbocycles. The maximum absolute atomic E-state index is 12.3. The number of anilines is 2. The van der Waals surface area contributed by atoms with Gasteiger partial charge >= 0.3 is 0 Å². The molecule has 1 aromatic carbocycles. The molecule has 4 aromatic rings. The monoisotopic (exact) mass is 455 g/mol. The van der Waals surface area contributed by atoms with Crippen LogP contribution in [0.15, 0.2) is 69.6 Å². The SMILES string of the molecule is Cn1ccnc1Sc1ccc(NC(=O)Cc2csc(NC(=O)c3cccs3)n2)cc1. The van der Waals surface area contributed by atoms with Crippen LogP contribution in [0.25, 0.3) is 0 Å². The number of thiophene rings is 1. The summed E-state index contributed by atoms with van der Waals surface area (Å²) in [5.41, 5.74) is 1.33. The van der Waals surface area contributed by atoms with Gasteiger partial charge in [-0.05, 0) is 35.7 Å². The van der Waals surface area contributed by atoms with E-state index in [-0.39, 0.29) is 18.2 Å². The van der Waals surface area contributed by atoms with Crippen LogP contribution in [0.5, 0.6) is 0 Å². The Morgan fingerprint density at radius 3 is 2.67 bits per heavy atom. The van der Waals surface area contributed by atoms with Crippen LogP contribution < -0.4 is 10.6 Å². The zero-order valence-corrected chi connectivity index (χ0v) is 18.3. The van der Waals surface area contributed by atoms with Crippen molar-refractivity contribution in [2.75, 3.05) is 10.6 Å². The molecule has 0 aliphatic heterocycles. The van der Waals surface area contributed by atoms with Crippen LogP contribution in [0.2, 0.25) is 0 Å². The second kappa shape index (κ2) is 9.24. The first-order valence-corrected chi connectivity index (χ1v) is 11.5. The lowest BCUT2D eigenvalue weighted by molar-refractivity contribution is -0.115. The minimum Gasteiger partial charge on any atom is -0.329 e. The van der Waals surface area contributed by atoms with E-state index in [9.17, 15) is 9.59 Å². The Balaban J connectivity index is 1.30. The molecule has 0 saturated carbocycles. The number of hydrogen-bond donors (Lipinski definition) is 2. The van der Waals surface area contributed by atoms with Gasteiger partial charge in [-0.2, -0.15) is 0 Å². The molecule has 0 atom stereocenters. The largest absolute Gasteiger partial charge is 0.329 e. The van der Waals surface area contributed by atoms with E-state index in [4.69, 9.17) is 0 Å². The van der Waals surface area contributed by atoms with E-state index in [0.29, 0.717) is 21.4 Å². The average Bonchev–Trinajstić information content (AvgIpc) is 3.47. The zero-order chi connectivity index (χ0) is 20.9. The third-order valence-corrected chi connectivity index (χ3v) is 6.74. The van der Waals surface area contributed by atoms with Gasteiger partial charge in [0.2, 0.25) is 5.91 Å². The smallest absolute Gasteiger partial charge is 0.267 e. The molecule has 2 N–H and O–H groups in total. The van der Waals surface area contributed by atoms with Crippen molar-refractivity contribution in [3.05, 3.63) is 70.1 Å². The number of benzene rings is 1. The number of hydrogen-bond acceptors (Lipinski definition) is 7. The molecule has 0 fully saturated rings. The summed E-state index contributed by atoms with van der Waals surface area (Å²) in [6.45, 7) is 0. The van der Waals surface area contributed by atoms with E-state index in [1.807, 2.05) is 53.5 Å². The summed E-state index contributed by atoms with van der Waals surface area (Å²) in [7, 11) is 1.95. The number of carbonyl (C=O) groups is 2. The Kier molecular flexibility index (Phi) is 6.26. The van der Waals surface area contributed by atoms with Crippen molar-refractivity contribution in [3.8, 4) is 0 Å². The first kappa shape index (κ1) is 20.3. The fourth-order valence-electron chi connectivity index (χ4n) is 2.54.